The Morgan fingerprint density at radius 3 is 2.20 bits per heavy atom. The highest BCUT2D eigenvalue weighted by Gasteiger charge is 2.15. The predicted molar refractivity (Wildman–Crippen MR) is 115 cm³/mol. The summed E-state index contributed by atoms with van der Waals surface area (Å²) >= 11 is 11.7. The van der Waals surface area contributed by atoms with Crippen LogP contribution in [0.15, 0.2) is 35.4 Å². The number of halogens is 2. The lowest BCUT2D eigenvalue weighted by molar-refractivity contribution is -0.139. The number of benzene rings is 2. The number of hydrazone groups is 1. The van der Waals surface area contributed by atoms with Gasteiger partial charge in [0, 0.05) is 6.54 Å². The normalized spacial score (nSPS) is 10.6. The summed E-state index contributed by atoms with van der Waals surface area (Å²) in [7, 11) is 4.56. The molecular formula is C20H21Cl2N3O5. The lowest BCUT2D eigenvalue weighted by Gasteiger charge is -2.14. The van der Waals surface area contributed by atoms with Gasteiger partial charge in [-0.2, -0.15) is 5.10 Å². The standard InChI is InChI=1S/C20H21Cl2N3O5/c1-28-16-9-12(10-17(29-2)18(16)30-3)6-7-23-19(26)20(27)25-24-11-13-4-5-14(21)15(22)8-13/h4-5,8-11H,6-7H2,1-3H3,(H,23,26)(H,25,27)/b24-11-. The quantitative estimate of drug-likeness (QED) is 0.363. The number of amides is 2. The van der Waals surface area contributed by atoms with E-state index in [9.17, 15) is 9.59 Å². The molecule has 2 aromatic rings. The predicted octanol–water partition coefficient (Wildman–Crippen LogP) is 2.83. The summed E-state index contributed by atoms with van der Waals surface area (Å²) in [5.41, 5.74) is 3.61. The Kier molecular flexibility index (Phi) is 8.76. The van der Waals surface area contributed by atoms with E-state index in [4.69, 9.17) is 37.4 Å². The van der Waals surface area contributed by atoms with Crippen LogP contribution in [0.2, 0.25) is 10.0 Å². The zero-order valence-electron chi connectivity index (χ0n) is 16.6. The van der Waals surface area contributed by atoms with Gasteiger partial charge in [-0.1, -0.05) is 29.3 Å². The summed E-state index contributed by atoms with van der Waals surface area (Å²) < 4.78 is 15.9. The van der Waals surface area contributed by atoms with E-state index < -0.39 is 11.8 Å². The van der Waals surface area contributed by atoms with Gasteiger partial charge >= 0.3 is 11.8 Å². The first-order valence-corrected chi connectivity index (χ1v) is 9.50. The highest BCUT2D eigenvalue weighted by Crippen LogP contribution is 2.38. The van der Waals surface area contributed by atoms with E-state index in [1.165, 1.54) is 27.5 Å². The van der Waals surface area contributed by atoms with Crippen molar-refractivity contribution in [1.82, 2.24) is 10.7 Å². The molecule has 0 heterocycles. The summed E-state index contributed by atoms with van der Waals surface area (Å²) in [6, 6.07) is 8.39. The molecule has 0 saturated heterocycles. The second kappa shape index (κ2) is 11.3. The van der Waals surface area contributed by atoms with E-state index in [0.29, 0.717) is 39.3 Å². The molecule has 2 aromatic carbocycles. The van der Waals surface area contributed by atoms with Gasteiger partial charge in [-0.05, 0) is 41.8 Å². The topological polar surface area (TPSA) is 98.2 Å². The summed E-state index contributed by atoms with van der Waals surface area (Å²) in [5, 5.41) is 7.02. The molecule has 0 fully saturated rings. The second-order valence-electron chi connectivity index (χ2n) is 5.91. The van der Waals surface area contributed by atoms with Gasteiger partial charge < -0.3 is 19.5 Å². The maximum absolute atomic E-state index is 11.9. The largest absolute Gasteiger partial charge is 0.493 e. The van der Waals surface area contributed by atoms with Crippen LogP contribution < -0.4 is 25.0 Å². The fraction of sp³-hybridized carbons (Fsp3) is 0.250. The number of hydrogen-bond donors (Lipinski definition) is 2. The summed E-state index contributed by atoms with van der Waals surface area (Å²) in [4.78, 5) is 23.8. The first-order valence-electron chi connectivity index (χ1n) is 8.74. The smallest absolute Gasteiger partial charge is 0.329 e. The first kappa shape index (κ1) is 23.3. The number of ether oxygens (including phenoxy) is 3. The Bertz CT molecular complexity index is 925. The molecule has 0 spiro atoms. The molecule has 2 N–H and O–H groups in total. The van der Waals surface area contributed by atoms with Crippen molar-refractivity contribution < 1.29 is 23.8 Å². The molecular weight excluding hydrogens is 433 g/mol. The van der Waals surface area contributed by atoms with Crippen molar-refractivity contribution in [2.75, 3.05) is 27.9 Å². The Labute approximate surface area is 184 Å². The Balaban J connectivity index is 1.87. The fourth-order valence-corrected chi connectivity index (χ4v) is 2.80. The van der Waals surface area contributed by atoms with Crippen LogP contribution in [0.4, 0.5) is 0 Å². The Morgan fingerprint density at radius 2 is 1.63 bits per heavy atom. The van der Waals surface area contributed by atoms with E-state index in [0.717, 1.165) is 5.56 Å². The first-order chi connectivity index (χ1) is 14.4. The third-order valence-corrected chi connectivity index (χ3v) is 4.69. The van der Waals surface area contributed by atoms with Crippen LogP contribution in [0.25, 0.3) is 0 Å². The van der Waals surface area contributed by atoms with Crippen molar-refractivity contribution in [3.8, 4) is 17.2 Å². The van der Waals surface area contributed by atoms with Crippen molar-refractivity contribution >= 4 is 41.2 Å². The van der Waals surface area contributed by atoms with Crippen LogP contribution in [0.5, 0.6) is 17.2 Å². The molecule has 160 valence electrons. The van der Waals surface area contributed by atoms with Crippen molar-refractivity contribution in [1.29, 1.82) is 0 Å². The average Bonchev–Trinajstić information content (AvgIpc) is 2.75. The van der Waals surface area contributed by atoms with Gasteiger partial charge in [0.15, 0.2) is 11.5 Å². The van der Waals surface area contributed by atoms with Gasteiger partial charge in [-0.3, -0.25) is 9.59 Å². The van der Waals surface area contributed by atoms with Crippen LogP contribution in [-0.2, 0) is 16.0 Å². The third-order valence-electron chi connectivity index (χ3n) is 3.95. The minimum absolute atomic E-state index is 0.224. The highest BCUT2D eigenvalue weighted by molar-refractivity contribution is 6.42. The lowest BCUT2D eigenvalue weighted by atomic mass is 10.1. The molecule has 0 atom stereocenters. The number of carbonyl (C=O) groups is 2. The minimum atomic E-state index is -0.892. The lowest BCUT2D eigenvalue weighted by Crippen LogP contribution is -2.38. The molecule has 0 unspecified atom stereocenters. The average molecular weight is 454 g/mol. The maximum Gasteiger partial charge on any atom is 0.329 e. The van der Waals surface area contributed by atoms with E-state index in [1.54, 1.807) is 30.3 Å². The SMILES string of the molecule is COc1cc(CCNC(=O)C(=O)N/N=C\c2ccc(Cl)c(Cl)c2)cc(OC)c1OC. The van der Waals surface area contributed by atoms with Gasteiger partial charge in [0.05, 0.1) is 37.6 Å². The molecule has 2 amide bonds. The third kappa shape index (κ3) is 6.27. The molecule has 0 bridgehead atoms. The molecule has 0 aromatic heterocycles. The second-order valence-corrected chi connectivity index (χ2v) is 6.73. The Hall–Kier alpha value is -2.97. The van der Waals surface area contributed by atoms with Crippen molar-refractivity contribution in [3.63, 3.8) is 0 Å². The van der Waals surface area contributed by atoms with Gasteiger partial charge in [0.2, 0.25) is 5.75 Å². The zero-order valence-corrected chi connectivity index (χ0v) is 18.1. The number of rotatable bonds is 8. The summed E-state index contributed by atoms with van der Waals surface area (Å²) in [6.07, 6.45) is 1.80. The van der Waals surface area contributed by atoms with Crippen molar-refractivity contribution in [3.05, 3.63) is 51.5 Å². The molecule has 10 heteroatoms. The van der Waals surface area contributed by atoms with E-state index >= 15 is 0 Å². The molecule has 0 aliphatic rings. The zero-order chi connectivity index (χ0) is 22.1. The highest BCUT2D eigenvalue weighted by atomic mass is 35.5. The van der Waals surface area contributed by atoms with Crippen LogP contribution in [0.3, 0.4) is 0 Å². The molecule has 0 saturated carbocycles. The molecule has 30 heavy (non-hydrogen) atoms. The molecule has 2 rings (SSSR count). The number of nitrogens with zero attached hydrogens (tertiary/aromatic N) is 1. The molecule has 0 aliphatic heterocycles. The van der Waals surface area contributed by atoms with Crippen molar-refractivity contribution in [2.24, 2.45) is 5.10 Å². The molecule has 8 nitrogen and oxygen atoms in total. The summed E-state index contributed by atoms with van der Waals surface area (Å²) in [5.74, 6) is -0.211. The van der Waals surface area contributed by atoms with Gasteiger partial charge in [-0.25, -0.2) is 5.43 Å². The van der Waals surface area contributed by atoms with Gasteiger partial charge in [-0.15, -0.1) is 0 Å². The molecule has 0 radical (unpaired) electrons. The van der Waals surface area contributed by atoms with Crippen LogP contribution in [-0.4, -0.2) is 45.9 Å². The van der Waals surface area contributed by atoms with E-state index in [1.807, 2.05) is 0 Å². The number of carbonyl (C=O) groups excluding carboxylic acids is 2. The van der Waals surface area contributed by atoms with E-state index in [2.05, 4.69) is 15.8 Å². The maximum atomic E-state index is 11.9. The van der Waals surface area contributed by atoms with Crippen LogP contribution in [0, 0.1) is 0 Å². The van der Waals surface area contributed by atoms with Gasteiger partial charge in [0.25, 0.3) is 0 Å². The Morgan fingerprint density at radius 1 is 0.967 bits per heavy atom. The minimum Gasteiger partial charge on any atom is -0.493 e. The number of nitrogens with one attached hydrogen (secondary N) is 2. The number of hydrogen-bond acceptors (Lipinski definition) is 6. The fourth-order valence-electron chi connectivity index (χ4n) is 2.49. The molecule has 0 aliphatic carbocycles. The van der Waals surface area contributed by atoms with E-state index in [-0.39, 0.29) is 6.54 Å². The monoisotopic (exact) mass is 453 g/mol. The van der Waals surface area contributed by atoms with Crippen molar-refractivity contribution in [2.45, 2.75) is 6.42 Å². The number of methoxy groups -OCH3 is 3. The van der Waals surface area contributed by atoms with Crippen LogP contribution in [0.1, 0.15) is 11.1 Å². The summed E-state index contributed by atoms with van der Waals surface area (Å²) in [6.45, 7) is 0.224. The van der Waals surface area contributed by atoms with Gasteiger partial charge in [0.1, 0.15) is 0 Å². The van der Waals surface area contributed by atoms with Crippen LogP contribution >= 0.6 is 23.2 Å².